The van der Waals surface area contributed by atoms with E-state index < -0.39 is 16.9 Å². The molecule has 7 heteroatoms. The molecule has 0 saturated carbocycles. The number of carbonyl (C=O) groups is 1. The van der Waals surface area contributed by atoms with E-state index in [9.17, 15) is 14.9 Å². The number of nitrogens with zero attached hydrogens (tertiary/aromatic N) is 1. The summed E-state index contributed by atoms with van der Waals surface area (Å²) in [5.41, 5.74) is 5.75. The Hall–Kier alpha value is -2.15. The van der Waals surface area contributed by atoms with Crippen LogP contribution in [-0.2, 0) is 0 Å². The van der Waals surface area contributed by atoms with Gasteiger partial charge in [-0.1, -0.05) is 0 Å². The first kappa shape index (κ1) is 13.9. The molecule has 1 amide bonds. The maximum absolute atomic E-state index is 11.8. The number of benzene rings is 1. The zero-order valence-electron chi connectivity index (χ0n) is 10.1. The Morgan fingerprint density at radius 3 is 2.72 bits per heavy atom. The molecule has 4 N–H and O–H groups in total. The van der Waals surface area contributed by atoms with Crippen molar-refractivity contribution in [3.8, 4) is 0 Å². The molecule has 0 aliphatic carbocycles. The molecule has 1 aromatic rings. The topological polar surface area (TPSA) is 118 Å². The SMILES string of the molecule is Cc1cc(C(=O)NC(C)CO)c(N)c([N+](=O)[O-])c1. The van der Waals surface area contributed by atoms with Crippen LogP contribution in [0.2, 0.25) is 0 Å². The van der Waals surface area contributed by atoms with Crippen LogP contribution in [0.5, 0.6) is 0 Å². The Bertz CT molecular complexity index is 487. The summed E-state index contributed by atoms with van der Waals surface area (Å²) in [6, 6.07) is 2.33. The predicted octanol–water partition coefficient (Wildman–Crippen LogP) is 0.596. The molecular weight excluding hydrogens is 238 g/mol. The van der Waals surface area contributed by atoms with E-state index in [0.29, 0.717) is 5.56 Å². The highest BCUT2D eigenvalue weighted by atomic mass is 16.6. The lowest BCUT2D eigenvalue weighted by Crippen LogP contribution is -2.35. The van der Waals surface area contributed by atoms with E-state index in [0.717, 1.165) is 0 Å². The third-order valence-electron chi connectivity index (χ3n) is 2.40. The van der Waals surface area contributed by atoms with Gasteiger partial charge >= 0.3 is 0 Å². The van der Waals surface area contributed by atoms with Crippen LogP contribution >= 0.6 is 0 Å². The van der Waals surface area contributed by atoms with Crippen molar-refractivity contribution in [3.05, 3.63) is 33.4 Å². The summed E-state index contributed by atoms with van der Waals surface area (Å²) in [4.78, 5) is 22.0. The summed E-state index contributed by atoms with van der Waals surface area (Å²) < 4.78 is 0. The fraction of sp³-hybridized carbons (Fsp3) is 0.364. The van der Waals surface area contributed by atoms with Crippen molar-refractivity contribution in [2.24, 2.45) is 0 Å². The van der Waals surface area contributed by atoms with Crippen LogP contribution in [0, 0.1) is 17.0 Å². The van der Waals surface area contributed by atoms with Gasteiger partial charge in [-0.2, -0.15) is 0 Å². The van der Waals surface area contributed by atoms with Crippen LogP contribution in [0.15, 0.2) is 12.1 Å². The van der Waals surface area contributed by atoms with Crippen LogP contribution in [0.3, 0.4) is 0 Å². The molecule has 98 valence electrons. The third-order valence-corrected chi connectivity index (χ3v) is 2.40. The highest BCUT2D eigenvalue weighted by Crippen LogP contribution is 2.27. The first-order valence-electron chi connectivity index (χ1n) is 5.33. The number of aliphatic hydroxyl groups is 1. The number of hydrogen-bond donors (Lipinski definition) is 3. The first-order valence-corrected chi connectivity index (χ1v) is 5.33. The van der Waals surface area contributed by atoms with E-state index in [1.54, 1.807) is 13.8 Å². The number of aliphatic hydroxyl groups excluding tert-OH is 1. The van der Waals surface area contributed by atoms with E-state index in [1.807, 2.05) is 0 Å². The molecule has 1 aromatic carbocycles. The minimum absolute atomic E-state index is 0.0435. The van der Waals surface area contributed by atoms with E-state index in [4.69, 9.17) is 10.8 Å². The largest absolute Gasteiger partial charge is 0.394 e. The summed E-state index contributed by atoms with van der Waals surface area (Å²) in [5.74, 6) is -0.541. The van der Waals surface area contributed by atoms with Crippen molar-refractivity contribution in [1.82, 2.24) is 5.32 Å². The molecule has 0 radical (unpaired) electrons. The molecule has 0 aromatic heterocycles. The number of carbonyl (C=O) groups excluding carboxylic acids is 1. The number of nitro groups is 1. The van der Waals surface area contributed by atoms with Gasteiger partial charge in [-0.15, -0.1) is 0 Å². The quantitative estimate of drug-likeness (QED) is 0.412. The molecule has 1 rings (SSSR count). The van der Waals surface area contributed by atoms with Crippen molar-refractivity contribution < 1.29 is 14.8 Å². The number of nitrogen functional groups attached to an aromatic ring is 1. The van der Waals surface area contributed by atoms with E-state index in [2.05, 4.69) is 5.32 Å². The second kappa shape index (κ2) is 5.46. The van der Waals surface area contributed by atoms with Gasteiger partial charge in [-0.25, -0.2) is 0 Å². The molecule has 7 nitrogen and oxygen atoms in total. The van der Waals surface area contributed by atoms with Gasteiger partial charge in [0.05, 0.1) is 17.1 Å². The molecule has 0 fully saturated rings. The van der Waals surface area contributed by atoms with Gasteiger partial charge in [-0.3, -0.25) is 14.9 Å². The molecule has 0 aliphatic heterocycles. The van der Waals surface area contributed by atoms with E-state index >= 15 is 0 Å². The van der Waals surface area contributed by atoms with Crippen LogP contribution in [0.25, 0.3) is 0 Å². The minimum atomic E-state index is -0.630. The zero-order chi connectivity index (χ0) is 13.9. The predicted molar refractivity (Wildman–Crippen MR) is 66.3 cm³/mol. The lowest BCUT2D eigenvalue weighted by Gasteiger charge is -2.12. The maximum atomic E-state index is 11.8. The molecule has 0 spiro atoms. The van der Waals surface area contributed by atoms with Crippen LogP contribution in [0.1, 0.15) is 22.8 Å². The Kier molecular flexibility index (Phi) is 4.22. The Morgan fingerprint density at radius 1 is 1.61 bits per heavy atom. The van der Waals surface area contributed by atoms with Crippen LogP contribution < -0.4 is 11.1 Å². The summed E-state index contributed by atoms with van der Waals surface area (Å²) in [7, 11) is 0. The van der Waals surface area contributed by atoms with Gasteiger partial charge in [0.2, 0.25) is 0 Å². The average molecular weight is 253 g/mol. The van der Waals surface area contributed by atoms with E-state index in [1.165, 1.54) is 12.1 Å². The molecule has 0 saturated heterocycles. The minimum Gasteiger partial charge on any atom is -0.394 e. The highest BCUT2D eigenvalue weighted by molar-refractivity contribution is 6.01. The lowest BCUT2D eigenvalue weighted by molar-refractivity contribution is -0.384. The monoisotopic (exact) mass is 253 g/mol. The highest BCUT2D eigenvalue weighted by Gasteiger charge is 2.21. The second-order valence-electron chi connectivity index (χ2n) is 4.06. The van der Waals surface area contributed by atoms with Crippen molar-refractivity contribution in [1.29, 1.82) is 0 Å². The zero-order valence-corrected chi connectivity index (χ0v) is 10.1. The van der Waals surface area contributed by atoms with Crippen molar-refractivity contribution in [2.75, 3.05) is 12.3 Å². The second-order valence-corrected chi connectivity index (χ2v) is 4.06. The number of nitro benzene ring substituents is 1. The fourth-order valence-electron chi connectivity index (χ4n) is 1.46. The maximum Gasteiger partial charge on any atom is 0.293 e. The molecule has 18 heavy (non-hydrogen) atoms. The number of rotatable bonds is 4. The molecule has 1 unspecified atom stereocenters. The molecule has 1 atom stereocenters. The lowest BCUT2D eigenvalue weighted by atomic mass is 10.1. The number of nitrogens with one attached hydrogen (secondary N) is 1. The molecule has 0 bridgehead atoms. The third kappa shape index (κ3) is 2.95. The standard InChI is InChI=1S/C11H15N3O4/c1-6-3-8(11(16)13-7(2)5-15)10(12)9(4-6)14(17)18/h3-4,7,15H,5,12H2,1-2H3,(H,13,16). The number of anilines is 1. The number of nitrogens with two attached hydrogens (primary N) is 1. The number of hydrogen-bond acceptors (Lipinski definition) is 5. The van der Waals surface area contributed by atoms with E-state index in [-0.39, 0.29) is 23.5 Å². The van der Waals surface area contributed by atoms with Gasteiger partial charge in [0.15, 0.2) is 0 Å². The van der Waals surface area contributed by atoms with Gasteiger partial charge in [0, 0.05) is 12.1 Å². The average Bonchev–Trinajstić information content (AvgIpc) is 2.30. The van der Waals surface area contributed by atoms with Gasteiger partial charge in [-0.05, 0) is 25.5 Å². The Balaban J connectivity index is 3.16. The summed E-state index contributed by atoms with van der Waals surface area (Å²) in [6.07, 6.45) is 0. The van der Waals surface area contributed by atoms with Crippen molar-refractivity contribution in [2.45, 2.75) is 19.9 Å². The first-order chi connectivity index (χ1) is 8.36. The molecule has 0 aliphatic rings. The number of aryl methyl sites for hydroxylation is 1. The Labute approximate surface area is 104 Å². The van der Waals surface area contributed by atoms with Gasteiger partial charge < -0.3 is 16.2 Å². The summed E-state index contributed by atoms with van der Waals surface area (Å²) in [5, 5.41) is 22.1. The van der Waals surface area contributed by atoms with Gasteiger partial charge in [0.1, 0.15) is 5.69 Å². The van der Waals surface area contributed by atoms with Gasteiger partial charge in [0.25, 0.3) is 11.6 Å². The van der Waals surface area contributed by atoms with Crippen LogP contribution in [-0.4, -0.2) is 28.6 Å². The summed E-state index contributed by atoms with van der Waals surface area (Å²) >= 11 is 0. The smallest absolute Gasteiger partial charge is 0.293 e. The normalized spacial score (nSPS) is 11.9. The number of amides is 1. The van der Waals surface area contributed by atoms with Crippen molar-refractivity contribution in [3.63, 3.8) is 0 Å². The van der Waals surface area contributed by atoms with Crippen molar-refractivity contribution >= 4 is 17.3 Å². The molecular formula is C11H15N3O4. The summed E-state index contributed by atoms with van der Waals surface area (Å²) in [6.45, 7) is 3.02. The molecule has 0 heterocycles. The fourth-order valence-corrected chi connectivity index (χ4v) is 1.46. The Morgan fingerprint density at radius 2 is 2.22 bits per heavy atom. The van der Waals surface area contributed by atoms with Crippen LogP contribution in [0.4, 0.5) is 11.4 Å².